The fourth-order valence-electron chi connectivity index (χ4n) is 8.01. The first kappa shape index (κ1) is 46.2. The Morgan fingerprint density at radius 1 is 0.750 bits per heavy atom. The summed E-state index contributed by atoms with van der Waals surface area (Å²) in [6, 6.07) is 38.8. The van der Waals surface area contributed by atoms with Crippen molar-refractivity contribution in [3.05, 3.63) is 227 Å². The second kappa shape index (κ2) is 21.2. The highest BCUT2D eigenvalue weighted by atomic mass is 32.1. The highest BCUT2D eigenvalue weighted by Gasteiger charge is 2.35. The molecule has 0 saturated carbocycles. The Hall–Kier alpha value is -7.32. The molecule has 6 aromatic rings. The van der Waals surface area contributed by atoms with Gasteiger partial charge in [-0.25, -0.2) is 4.99 Å². The molecule has 318 valence electrons. The van der Waals surface area contributed by atoms with E-state index in [-0.39, 0.29) is 11.3 Å². The minimum absolute atomic E-state index is 0.0752. The number of nitrogens with one attached hydrogen (secondary N) is 1. The van der Waals surface area contributed by atoms with Crippen LogP contribution in [0.4, 0.5) is 0 Å². The number of benzene rings is 5. The van der Waals surface area contributed by atoms with Gasteiger partial charge in [0.1, 0.15) is 5.84 Å². The van der Waals surface area contributed by atoms with Crippen LogP contribution in [0.15, 0.2) is 200 Å². The van der Waals surface area contributed by atoms with Crippen molar-refractivity contribution in [1.82, 2.24) is 0 Å². The molecule has 0 radical (unpaired) electrons. The second-order valence-electron chi connectivity index (χ2n) is 16.2. The Bertz CT molecular complexity index is 2990. The lowest BCUT2D eigenvalue weighted by atomic mass is 9.81. The van der Waals surface area contributed by atoms with Gasteiger partial charge >= 0.3 is 0 Å². The molecule has 0 fully saturated rings. The second-order valence-corrected chi connectivity index (χ2v) is 17.3. The third-order valence-corrected chi connectivity index (χ3v) is 12.7. The first-order chi connectivity index (χ1) is 30.9. The van der Waals surface area contributed by atoms with Gasteiger partial charge in [0.25, 0.3) is 0 Å². The summed E-state index contributed by atoms with van der Waals surface area (Å²) in [6.07, 6.45) is 18.2. The zero-order chi connectivity index (χ0) is 45.8. The normalized spacial score (nSPS) is 15.1. The van der Waals surface area contributed by atoms with Crippen LogP contribution in [0.2, 0.25) is 0 Å². The monoisotopic (exact) mass is 851 g/mol. The van der Waals surface area contributed by atoms with Crippen molar-refractivity contribution >= 4 is 45.2 Å². The van der Waals surface area contributed by atoms with Crippen LogP contribution in [0.5, 0.6) is 0 Å². The first-order valence-electron chi connectivity index (χ1n) is 21.5. The summed E-state index contributed by atoms with van der Waals surface area (Å²) in [4.78, 5) is 5.63. The average molecular weight is 852 g/mol. The lowest BCUT2D eigenvalue weighted by molar-refractivity contribution is 0.660. The molecule has 0 atom stereocenters. The number of nitrogens with zero attached hydrogens (tertiary/aromatic N) is 1. The van der Waals surface area contributed by atoms with Crippen molar-refractivity contribution < 1.29 is 0 Å². The van der Waals surface area contributed by atoms with E-state index in [2.05, 4.69) is 175 Å². The number of aryl methyl sites for hydroxylation is 1. The summed E-state index contributed by atoms with van der Waals surface area (Å²) >= 11 is 1.72. The van der Waals surface area contributed by atoms with Gasteiger partial charge in [-0.2, -0.15) is 0 Å². The van der Waals surface area contributed by atoms with Gasteiger partial charge in [-0.3, -0.25) is 5.41 Å². The van der Waals surface area contributed by atoms with E-state index < -0.39 is 0 Å². The van der Waals surface area contributed by atoms with Crippen molar-refractivity contribution in [3.63, 3.8) is 0 Å². The van der Waals surface area contributed by atoms with E-state index in [0.29, 0.717) is 12.3 Å². The highest BCUT2D eigenvalue weighted by molar-refractivity contribution is 7.20. The van der Waals surface area contributed by atoms with E-state index in [0.717, 1.165) is 55.7 Å². The molecule has 5 aromatic carbocycles. The topological polar surface area (TPSA) is 62.2 Å². The van der Waals surface area contributed by atoms with Crippen LogP contribution in [-0.2, 0) is 5.41 Å². The van der Waals surface area contributed by atoms with E-state index in [4.69, 9.17) is 11.1 Å². The maximum Gasteiger partial charge on any atom is 0.151 e. The van der Waals surface area contributed by atoms with E-state index in [9.17, 15) is 0 Å². The standard InChI is InChI=1S/C34H31N3S.C22H20.C4H6/c1-5-15-23(3)24(4)22-29-30(6-2)38-31-21-14-20-27(32(29)31)26-18-12-13-19-28(26)34(36)37-33(35)25-16-10-8-7-9-11-17-25;1-15-7-6-8-16(13-15)17-11-12-19-18-9-4-5-10-20(18)22(2,3)21(19)14-17;1-3-4-2/h5-6,8,10,12-16,18-22H,1-2,7,17H2,3-4H3,(H3,35,36,37);4-14H,1-3H3;3-4H,1-2H2/b10-8-,23-15+,24-22+,25-16+;;. The molecule has 0 bridgehead atoms. The van der Waals surface area contributed by atoms with Crippen molar-refractivity contribution in [2.75, 3.05) is 0 Å². The maximum atomic E-state index is 8.58. The van der Waals surface area contributed by atoms with Gasteiger partial charge in [0.2, 0.25) is 0 Å². The molecule has 0 aliphatic heterocycles. The summed E-state index contributed by atoms with van der Waals surface area (Å²) in [7, 11) is 0. The number of hydrogen-bond donors (Lipinski definition) is 2. The number of aliphatic imine (C=N–C) groups is 1. The van der Waals surface area contributed by atoms with Crippen LogP contribution >= 0.6 is 11.3 Å². The van der Waals surface area contributed by atoms with E-state index >= 15 is 0 Å². The Balaban J connectivity index is 0.000000219. The number of fused-ring (bicyclic) bond motifs is 4. The van der Waals surface area contributed by atoms with Crippen LogP contribution in [0.1, 0.15) is 73.2 Å². The lowest BCUT2D eigenvalue weighted by Gasteiger charge is -2.22. The van der Waals surface area contributed by atoms with Gasteiger partial charge in [-0.15, -0.1) is 11.3 Å². The number of hydrogen-bond acceptors (Lipinski definition) is 2. The van der Waals surface area contributed by atoms with Crippen molar-refractivity contribution in [1.29, 1.82) is 5.41 Å². The Morgan fingerprint density at radius 3 is 2.17 bits per heavy atom. The smallest absolute Gasteiger partial charge is 0.151 e. The fourth-order valence-corrected chi connectivity index (χ4v) is 9.07. The molecule has 2 aliphatic carbocycles. The third kappa shape index (κ3) is 10.3. The number of thiophene rings is 1. The molecule has 8 rings (SSSR count). The average Bonchev–Trinajstić information content (AvgIpc) is 3.77. The summed E-state index contributed by atoms with van der Waals surface area (Å²) in [6.45, 7) is 25.6. The van der Waals surface area contributed by atoms with Crippen LogP contribution in [-0.4, -0.2) is 11.7 Å². The predicted molar refractivity (Wildman–Crippen MR) is 282 cm³/mol. The van der Waals surface area contributed by atoms with E-state index in [1.54, 1.807) is 23.5 Å². The largest absolute Gasteiger partial charge is 0.383 e. The first-order valence-corrected chi connectivity index (χ1v) is 22.3. The minimum atomic E-state index is 0.0752. The molecule has 0 amide bonds. The zero-order valence-corrected chi connectivity index (χ0v) is 38.6. The summed E-state index contributed by atoms with van der Waals surface area (Å²) in [5.74, 6) is 6.60. The molecule has 3 N–H and O–H groups in total. The fraction of sp³-hybridized carbons (Fsp3) is 0.133. The minimum Gasteiger partial charge on any atom is -0.383 e. The van der Waals surface area contributed by atoms with Crippen LogP contribution in [0.3, 0.4) is 0 Å². The van der Waals surface area contributed by atoms with Crippen LogP contribution in [0.25, 0.3) is 55.6 Å². The van der Waals surface area contributed by atoms with Gasteiger partial charge in [-0.05, 0) is 94.6 Å². The molecule has 3 nitrogen and oxygen atoms in total. The molecule has 1 heterocycles. The van der Waals surface area contributed by atoms with Crippen molar-refractivity contribution in [2.24, 2.45) is 10.7 Å². The molecule has 64 heavy (non-hydrogen) atoms. The van der Waals surface area contributed by atoms with E-state index in [1.807, 2.05) is 54.7 Å². The molecule has 0 unspecified atom stereocenters. The van der Waals surface area contributed by atoms with Gasteiger partial charge in [0.15, 0.2) is 5.84 Å². The van der Waals surface area contributed by atoms with Gasteiger partial charge in [0, 0.05) is 49.9 Å². The molecule has 4 heteroatoms. The summed E-state index contributed by atoms with van der Waals surface area (Å²) < 4.78 is 1.17. The number of nitrogens with two attached hydrogens (primary N) is 1. The Kier molecular flexibility index (Phi) is 15.3. The van der Waals surface area contributed by atoms with Crippen LogP contribution < -0.4 is 5.73 Å². The lowest BCUT2D eigenvalue weighted by Crippen LogP contribution is -2.17. The Morgan fingerprint density at radius 2 is 1.44 bits per heavy atom. The molecular formula is C60H57N3S. The number of allylic oxidation sites excluding steroid dienone is 9. The van der Waals surface area contributed by atoms with Gasteiger partial charge in [0.05, 0.1) is 0 Å². The SMILES string of the molecule is C=C/C=C(C)/C(C)=C/c1c(C=C)sc2cccc(-c3ccccc3C(N)=NC(=N)/C3=C/C=C\CC#CC3)c12.C=CC=C.Cc1cccc(-c2ccc3c(c2)C(C)(C)c2ccccc2-3)c1. The van der Waals surface area contributed by atoms with Crippen LogP contribution in [0, 0.1) is 24.2 Å². The molecular weight excluding hydrogens is 795 g/mol. The third-order valence-electron chi connectivity index (χ3n) is 11.5. The molecule has 2 aliphatic rings. The van der Waals surface area contributed by atoms with Crippen molar-refractivity contribution in [2.45, 2.75) is 52.9 Å². The molecule has 0 saturated heterocycles. The summed E-state index contributed by atoms with van der Waals surface area (Å²) in [5.41, 5.74) is 23.2. The van der Waals surface area contributed by atoms with Crippen molar-refractivity contribution in [3.8, 4) is 45.2 Å². The molecule has 1 aromatic heterocycles. The maximum absolute atomic E-state index is 8.58. The van der Waals surface area contributed by atoms with Gasteiger partial charge < -0.3 is 5.73 Å². The quantitative estimate of drug-likeness (QED) is 0.0647. The highest BCUT2D eigenvalue weighted by Crippen LogP contribution is 2.49. The Labute approximate surface area is 385 Å². The number of amidine groups is 2. The summed E-state index contributed by atoms with van der Waals surface area (Å²) in [5, 5.41) is 9.73. The van der Waals surface area contributed by atoms with E-state index in [1.165, 1.54) is 43.6 Å². The zero-order valence-electron chi connectivity index (χ0n) is 37.8. The molecule has 0 spiro atoms. The number of rotatable bonds is 9. The van der Waals surface area contributed by atoms with Gasteiger partial charge in [-0.1, -0.05) is 203 Å². The predicted octanol–water partition coefficient (Wildman–Crippen LogP) is 16.0.